The van der Waals surface area contributed by atoms with Gasteiger partial charge >= 0.3 is 0 Å². The average Bonchev–Trinajstić information content (AvgIpc) is 2.91. The fraction of sp³-hybridized carbons (Fsp3) is 0.692. The molecule has 0 saturated carbocycles. The second kappa shape index (κ2) is 26.5. The second-order valence-electron chi connectivity index (χ2n) is 7.24. The van der Waals surface area contributed by atoms with Gasteiger partial charge in [-0.1, -0.05) is 24.8 Å². The first-order chi connectivity index (χ1) is 17.9. The van der Waals surface area contributed by atoms with Crippen LogP contribution in [0.5, 0.6) is 5.75 Å². The Morgan fingerprint density at radius 2 is 0.778 bits per heavy atom. The van der Waals surface area contributed by atoms with E-state index >= 15 is 0 Å². The van der Waals surface area contributed by atoms with Gasteiger partial charge in [-0.15, -0.1) is 0 Å². The Balaban J connectivity index is 1.67. The van der Waals surface area contributed by atoms with E-state index in [1.165, 1.54) is 0 Å². The molecule has 1 aromatic carbocycles. The van der Waals surface area contributed by atoms with E-state index in [-0.39, 0.29) is 6.61 Å². The van der Waals surface area contributed by atoms with Gasteiger partial charge in [0.2, 0.25) is 0 Å². The monoisotopic (exact) mass is 516 g/mol. The van der Waals surface area contributed by atoms with E-state index in [0.29, 0.717) is 112 Å². The molecule has 10 heteroatoms. The fourth-order valence-electron chi connectivity index (χ4n) is 2.62. The van der Waals surface area contributed by atoms with E-state index in [9.17, 15) is 0 Å². The van der Waals surface area contributed by atoms with Crippen molar-refractivity contribution in [3.8, 4) is 5.75 Å². The van der Waals surface area contributed by atoms with E-state index in [0.717, 1.165) is 11.3 Å². The van der Waals surface area contributed by atoms with Crippen LogP contribution >= 0.6 is 0 Å². The Labute approximate surface area is 215 Å². The molecule has 0 heterocycles. The molecule has 0 unspecified atom stereocenters. The summed E-state index contributed by atoms with van der Waals surface area (Å²) in [6.07, 6.45) is 1.80. The van der Waals surface area contributed by atoms with Crippen molar-refractivity contribution in [1.82, 2.24) is 0 Å². The minimum Gasteiger partial charge on any atom is -0.491 e. The summed E-state index contributed by atoms with van der Waals surface area (Å²) in [4.78, 5) is 0. The Bertz CT molecular complexity index is 585. The molecule has 0 spiro atoms. The van der Waals surface area contributed by atoms with Gasteiger partial charge in [-0.2, -0.15) is 0 Å². The molecule has 0 aliphatic carbocycles. The Hall–Kier alpha value is -1.60. The van der Waals surface area contributed by atoms with Crippen LogP contribution in [0.3, 0.4) is 0 Å². The number of aliphatic hydroxyl groups is 1. The molecule has 0 saturated heterocycles. The molecule has 0 atom stereocenters. The minimum atomic E-state index is 0.0283. The average molecular weight is 517 g/mol. The van der Waals surface area contributed by atoms with Crippen molar-refractivity contribution in [3.05, 3.63) is 36.4 Å². The molecule has 208 valence electrons. The minimum absolute atomic E-state index is 0.0283. The van der Waals surface area contributed by atoms with Crippen molar-refractivity contribution < 1.29 is 47.7 Å². The Morgan fingerprint density at radius 1 is 0.472 bits per heavy atom. The Kier molecular flexibility index (Phi) is 23.8. The van der Waals surface area contributed by atoms with Crippen LogP contribution in [0.2, 0.25) is 0 Å². The largest absolute Gasteiger partial charge is 0.491 e. The van der Waals surface area contributed by atoms with E-state index in [1.54, 1.807) is 6.08 Å². The molecule has 10 nitrogen and oxygen atoms in total. The lowest BCUT2D eigenvalue weighted by atomic mass is 10.2. The quantitative estimate of drug-likeness (QED) is 0.166. The van der Waals surface area contributed by atoms with Crippen LogP contribution in [0.25, 0.3) is 6.08 Å². The molecular formula is C26H44O10. The van der Waals surface area contributed by atoms with Crippen LogP contribution in [-0.4, -0.2) is 124 Å². The van der Waals surface area contributed by atoms with Gasteiger partial charge in [0.15, 0.2) is 0 Å². The highest BCUT2D eigenvalue weighted by atomic mass is 16.6. The molecule has 1 aromatic rings. The maximum absolute atomic E-state index is 8.56. The number of hydrogen-bond donors (Lipinski definition) is 1. The number of benzene rings is 1. The van der Waals surface area contributed by atoms with Crippen LogP contribution < -0.4 is 4.74 Å². The fourth-order valence-corrected chi connectivity index (χ4v) is 2.62. The highest BCUT2D eigenvalue weighted by Gasteiger charge is 1.96. The highest BCUT2D eigenvalue weighted by molar-refractivity contribution is 5.48. The zero-order valence-corrected chi connectivity index (χ0v) is 21.4. The van der Waals surface area contributed by atoms with Crippen molar-refractivity contribution in [2.45, 2.75) is 0 Å². The van der Waals surface area contributed by atoms with Gasteiger partial charge < -0.3 is 47.7 Å². The van der Waals surface area contributed by atoms with E-state index in [4.69, 9.17) is 47.7 Å². The molecule has 1 N–H and O–H groups in total. The molecule has 1 rings (SSSR count). The molecule has 0 bridgehead atoms. The van der Waals surface area contributed by atoms with Gasteiger partial charge in [0.1, 0.15) is 12.4 Å². The smallest absolute Gasteiger partial charge is 0.119 e. The highest BCUT2D eigenvalue weighted by Crippen LogP contribution is 2.12. The molecule has 36 heavy (non-hydrogen) atoms. The summed E-state index contributed by atoms with van der Waals surface area (Å²) < 4.78 is 48.6. The summed E-state index contributed by atoms with van der Waals surface area (Å²) in [7, 11) is 0. The zero-order valence-electron chi connectivity index (χ0n) is 21.4. The lowest BCUT2D eigenvalue weighted by Crippen LogP contribution is -2.15. The topological polar surface area (TPSA) is 103 Å². The zero-order chi connectivity index (χ0) is 25.8. The maximum atomic E-state index is 8.56. The standard InChI is InChI=1S/C26H44O10/c1-2-25-3-5-26(6-4-25)36-24-23-35-22-21-34-20-19-33-18-17-32-16-15-31-14-13-30-12-11-29-10-9-28-8-7-27/h2-6,27H,1,7-24H2. The normalized spacial score (nSPS) is 11.1. The van der Waals surface area contributed by atoms with Gasteiger partial charge in [-0.25, -0.2) is 0 Å². The van der Waals surface area contributed by atoms with Crippen molar-refractivity contribution in [2.24, 2.45) is 0 Å². The Morgan fingerprint density at radius 3 is 1.08 bits per heavy atom. The second-order valence-corrected chi connectivity index (χ2v) is 7.24. The van der Waals surface area contributed by atoms with Crippen LogP contribution in [-0.2, 0) is 37.9 Å². The van der Waals surface area contributed by atoms with E-state index in [1.807, 2.05) is 24.3 Å². The van der Waals surface area contributed by atoms with Gasteiger partial charge in [0.05, 0.1) is 112 Å². The van der Waals surface area contributed by atoms with E-state index in [2.05, 4.69) is 6.58 Å². The van der Waals surface area contributed by atoms with Crippen LogP contribution in [0.15, 0.2) is 30.8 Å². The predicted molar refractivity (Wildman–Crippen MR) is 136 cm³/mol. The number of ether oxygens (including phenoxy) is 9. The summed E-state index contributed by atoms with van der Waals surface area (Å²) in [5.41, 5.74) is 1.06. The third-order valence-corrected chi connectivity index (χ3v) is 4.45. The van der Waals surface area contributed by atoms with Gasteiger partial charge in [-0.05, 0) is 17.7 Å². The molecule has 0 fully saturated rings. The van der Waals surface area contributed by atoms with Crippen molar-refractivity contribution >= 4 is 6.08 Å². The molecule has 0 aliphatic heterocycles. The summed E-state index contributed by atoms with van der Waals surface area (Å²) in [5, 5.41) is 8.56. The summed E-state index contributed by atoms with van der Waals surface area (Å²) >= 11 is 0. The van der Waals surface area contributed by atoms with Crippen LogP contribution in [0, 0.1) is 0 Å². The molecular weight excluding hydrogens is 472 g/mol. The molecule has 0 aliphatic rings. The third kappa shape index (κ3) is 21.7. The molecule has 0 amide bonds. The van der Waals surface area contributed by atoms with Crippen molar-refractivity contribution in [3.63, 3.8) is 0 Å². The summed E-state index contributed by atoms with van der Waals surface area (Å²) in [6, 6.07) is 7.75. The van der Waals surface area contributed by atoms with Crippen molar-refractivity contribution in [1.29, 1.82) is 0 Å². The van der Waals surface area contributed by atoms with Gasteiger partial charge in [0, 0.05) is 0 Å². The number of rotatable bonds is 28. The predicted octanol–water partition coefficient (Wildman–Crippen LogP) is 1.83. The van der Waals surface area contributed by atoms with Gasteiger partial charge in [0.25, 0.3) is 0 Å². The lowest BCUT2D eigenvalue weighted by molar-refractivity contribution is -0.0242. The lowest BCUT2D eigenvalue weighted by Gasteiger charge is -2.09. The van der Waals surface area contributed by atoms with Gasteiger partial charge in [-0.3, -0.25) is 0 Å². The first-order valence-electron chi connectivity index (χ1n) is 12.4. The van der Waals surface area contributed by atoms with E-state index < -0.39 is 0 Å². The number of hydrogen-bond acceptors (Lipinski definition) is 10. The van der Waals surface area contributed by atoms with Crippen LogP contribution in [0.1, 0.15) is 5.56 Å². The molecule has 0 aromatic heterocycles. The first-order valence-corrected chi connectivity index (χ1v) is 12.4. The first kappa shape index (κ1) is 32.4. The summed E-state index contributed by atoms with van der Waals surface area (Å²) in [5.74, 6) is 0.815. The molecule has 0 radical (unpaired) electrons. The van der Waals surface area contributed by atoms with Crippen LogP contribution in [0.4, 0.5) is 0 Å². The third-order valence-electron chi connectivity index (χ3n) is 4.45. The SMILES string of the molecule is C=Cc1ccc(OCCOCCOCCOCCOCCOCCOCCOCCOCCO)cc1. The van der Waals surface area contributed by atoms with Crippen molar-refractivity contribution in [2.75, 3.05) is 119 Å². The number of aliphatic hydroxyl groups excluding tert-OH is 1. The summed E-state index contributed by atoms with van der Waals surface area (Å²) in [6.45, 7) is 12.2. The maximum Gasteiger partial charge on any atom is 0.119 e.